The maximum absolute atomic E-state index is 13.9. The van der Waals surface area contributed by atoms with E-state index in [2.05, 4.69) is 10.1 Å². The van der Waals surface area contributed by atoms with Crippen LogP contribution in [0.15, 0.2) is 17.5 Å². The van der Waals surface area contributed by atoms with E-state index in [1.807, 2.05) is 0 Å². The van der Waals surface area contributed by atoms with Crippen molar-refractivity contribution in [1.82, 2.24) is 14.5 Å². The molecule has 2 rings (SSSR count). The first-order valence-corrected chi connectivity index (χ1v) is 5.41. The summed E-state index contributed by atoms with van der Waals surface area (Å²) in [5, 5.41) is 11.5. The van der Waals surface area contributed by atoms with Crippen LogP contribution in [-0.4, -0.2) is 39.6 Å². The number of aromatic nitrogens is 2. The minimum atomic E-state index is -1.07. The molecule has 0 radical (unpaired) electrons. The van der Waals surface area contributed by atoms with E-state index in [4.69, 9.17) is 10.9 Å². The molecule has 2 aromatic rings. The predicted molar refractivity (Wildman–Crippen MR) is 65.8 cm³/mol. The second-order valence-corrected chi connectivity index (χ2v) is 4.34. The van der Waals surface area contributed by atoms with Crippen LogP contribution < -0.4 is 5.73 Å². The molecule has 0 saturated heterocycles. The summed E-state index contributed by atoms with van der Waals surface area (Å²) in [4.78, 5) is 5.77. The van der Waals surface area contributed by atoms with E-state index in [1.165, 1.54) is 10.9 Å². The van der Waals surface area contributed by atoms with Gasteiger partial charge in [0, 0.05) is 0 Å². The Labute approximate surface area is 107 Å². The van der Waals surface area contributed by atoms with Gasteiger partial charge in [0.25, 0.3) is 0 Å². The molecule has 0 spiro atoms. The van der Waals surface area contributed by atoms with Crippen molar-refractivity contribution in [2.75, 3.05) is 14.1 Å². The Morgan fingerprint density at radius 3 is 2.79 bits per heavy atom. The summed E-state index contributed by atoms with van der Waals surface area (Å²) >= 11 is 0. The second kappa shape index (κ2) is 4.81. The molecule has 19 heavy (non-hydrogen) atoms. The molecule has 0 amide bonds. The molecule has 0 atom stereocenters. The molecule has 6 nitrogen and oxygen atoms in total. The van der Waals surface area contributed by atoms with Gasteiger partial charge in [0.15, 0.2) is 17.5 Å². The van der Waals surface area contributed by atoms with Crippen LogP contribution in [0.5, 0.6) is 0 Å². The summed E-state index contributed by atoms with van der Waals surface area (Å²) in [5.74, 6) is -2.41. The Kier molecular flexibility index (Phi) is 3.34. The van der Waals surface area contributed by atoms with Crippen molar-refractivity contribution >= 4 is 16.9 Å². The van der Waals surface area contributed by atoms with Gasteiger partial charge in [-0.1, -0.05) is 5.16 Å². The fourth-order valence-electron chi connectivity index (χ4n) is 1.84. The third kappa shape index (κ3) is 2.22. The average Bonchev–Trinajstić information content (AvgIpc) is 2.76. The highest BCUT2D eigenvalue weighted by Gasteiger charge is 2.19. The van der Waals surface area contributed by atoms with Gasteiger partial charge in [-0.05, 0) is 20.2 Å². The zero-order valence-electron chi connectivity index (χ0n) is 10.4. The van der Waals surface area contributed by atoms with E-state index in [-0.39, 0.29) is 22.4 Å². The summed E-state index contributed by atoms with van der Waals surface area (Å²) in [6.07, 6.45) is 1.38. The topological polar surface area (TPSA) is 79.7 Å². The number of oxime groups is 1. The first-order valence-electron chi connectivity index (χ1n) is 5.41. The Bertz CT molecular complexity index is 650. The Morgan fingerprint density at radius 2 is 2.21 bits per heavy atom. The molecule has 0 aliphatic carbocycles. The maximum atomic E-state index is 13.9. The van der Waals surface area contributed by atoms with Gasteiger partial charge >= 0.3 is 0 Å². The number of hydrogen-bond donors (Lipinski definition) is 2. The van der Waals surface area contributed by atoms with Gasteiger partial charge in [-0.15, -0.1) is 0 Å². The van der Waals surface area contributed by atoms with E-state index in [9.17, 15) is 8.78 Å². The predicted octanol–water partition coefficient (Wildman–Crippen LogP) is 0.928. The lowest BCUT2D eigenvalue weighted by Gasteiger charge is -2.12. The number of imidazole rings is 1. The van der Waals surface area contributed by atoms with Crippen molar-refractivity contribution < 1.29 is 14.0 Å². The second-order valence-electron chi connectivity index (χ2n) is 4.34. The lowest BCUT2D eigenvalue weighted by molar-refractivity contribution is 0.318. The van der Waals surface area contributed by atoms with Crippen molar-refractivity contribution in [3.05, 3.63) is 29.6 Å². The number of benzene rings is 1. The molecule has 1 aromatic heterocycles. The molecule has 3 N–H and O–H groups in total. The van der Waals surface area contributed by atoms with Gasteiger partial charge in [-0.3, -0.25) is 4.90 Å². The van der Waals surface area contributed by atoms with Crippen LogP contribution in [0.4, 0.5) is 8.78 Å². The molecule has 1 heterocycles. The van der Waals surface area contributed by atoms with Gasteiger partial charge in [-0.2, -0.15) is 0 Å². The van der Waals surface area contributed by atoms with Crippen molar-refractivity contribution in [2.45, 2.75) is 6.67 Å². The number of nitrogens with two attached hydrogens (primary N) is 1. The Hall–Kier alpha value is -2.22. The largest absolute Gasteiger partial charge is 0.409 e. The lowest BCUT2D eigenvalue weighted by atomic mass is 10.1. The molecule has 102 valence electrons. The normalized spacial score (nSPS) is 12.6. The highest BCUT2D eigenvalue weighted by atomic mass is 19.2. The monoisotopic (exact) mass is 269 g/mol. The van der Waals surface area contributed by atoms with Crippen LogP contribution in [0.25, 0.3) is 11.0 Å². The molecule has 1 aromatic carbocycles. The molecule has 0 saturated carbocycles. The van der Waals surface area contributed by atoms with Gasteiger partial charge < -0.3 is 15.5 Å². The third-order valence-electron chi connectivity index (χ3n) is 2.60. The molecule has 0 fully saturated rings. The minimum absolute atomic E-state index is 0.0182. The molecule has 0 unspecified atom stereocenters. The number of nitrogens with zero attached hydrogens (tertiary/aromatic N) is 4. The Balaban J connectivity index is 2.76. The first kappa shape index (κ1) is 13.2. The van der Waals surface area contributed by atoms with Gasteiger partial charge in [-0.25, -0.2) is 13.8 Å². The van der Waals surface area contributed by atoms with E-state index >= 15 is 0 Å². The van der Waals surface area contributed by atoms with Crippen LogP contribution in [0.3, 0.4) is 0 Å². The van der Waals surface area contributed by atoms with Crippen molar-refractivity contribution in [1.29, 1.82) is 0 Å². The number of hydrogen-bond acceptors (Lipinski definition) is 4. The van der Waals surface area contributed by atoms with Crippen molar-refractivity contribution in [2.24, 2.45) is 10.9 Å². The Morgan fingerprint density at radius 1 is 1.53 bits per heavy atom. The summed E-state index contributed by atoms with van der Waals surface area (Å²) in [6, 6.07) is 0.861. The summed E-state index contributed by atoms with van der Waals surface area (Å²) in [5.41, 5.74) is 5.62. The molecule has 8 heteroatoms. The highest BCUT2D eigenvalue weighted by molar-refractivity contribution is 6.07. The SMILES string of the molecule is CN(C)Cn1cnc2c(C(N)=NO)cc(F)c(F)c21. The fraction of sp³-hybridized carbons (Fsp3) is 0.273. The standard InChI is InChI=1S/C11H13F2N5O/c1-17(2)5-18-4-15-9-6(11(14)16-19)3-7(12)8(13)10(9)18/h3-4,19H,5H2,1-2H3,(H2,14,16). The van der Waals surface area contributed by atoms with Gasteiger partial charge in [0.2, 0.25) is 0 Å². The highest BCUT2D eigenvalue weighted by Crippen LogP contribution is 2.23. The van der Waals surface area contributed by atoms with Crippen molar-refractivity contribution in [3.8, 4) is 0 Å². The van der Waals surface area contributed by atoms with E-state index in [0.29, 0.717) is 6.67 Å². The number of rotatable bonds is 3. The van der Waals surface area contributed by atoms with Crippen LogP contribution in [0.1, 0.15) is 5.56 Å². The summed E-state index contributed by atoms with van der Waals surface area (Å²) in [6.45, 7) is 0.326. The van der Waals surface area contributed by atoms with Gasteiger partial charge in [0.1, 0.15) is 11.0 Å². The first-order chi connectivity index (χ1) is 8.95. The van der Waals surface area contributed by atoms with E-state index < -0.39 is 11.6 Å². The molecule has 0 aliphatic rings. The number of halogens is 2. The molecule has 0 aliphatic heterocycles. The van der Waals surface area contributed by atoms with E-state index in [1.54, 1.807) is 19.0 Å². The van der Waals surface area contributed by atoms with Crippen LogP contribution in [0, 0.1) is 11.6 Å². The molecule has 0 bridgehead atoms. The molecular weight excluding hydrogens is 256 g/mol. The summed E-state index contributed by atoms with van der Waals surface area (Å²) in [7, 11) is 3.57. The average molecular weight is 269 g/mol. The van der Waals surface area contributed by atoms with Crippen molar-refractivity contribution in [3.63, 3.8) is 0 Å². The number of amidine groups is 1. The van der Waals surface area contributed by atoms with Crippen LogP contribution in [-0.2, 0) is 6.67 Å². The third-order valence-corrected chi connectivity index (χ3v) is 2.60. The quantitative estimate of drug-likeness (QED) is 0.376. The lowest BCUT2D eigenvalue weighted by Crippen LogP contribution is -2.17. The van der Waals surface area contributed by atoms with Gasteiger partial charge in [0.05, 0.1) is 18.6 Å². The molecular formula is C11H13F2N5O. The maximum Gasteiger partial charge on any atom is 0.184 e. The number of fused-ring (bicyclic) bond motifs is 1. The summed E-state index contributed by atoms with van der Waals surface area (Å²) < 4.78 is 28.9. The minimum Gasteiger partial charge on any atom is -0.409 e. The fourth-order valence-corrected chi connectivity index (χ4v) is 1.84. The van der Waals surface area contributed by atoms with Crippen LogP contribution in [0.2, 0.25) is 0 Å². The zero-order chi connectivity index (χ0) is 14.2. The van der Waals surface area contributed by atoms with E-state index in [0.717, 1.165) is 6.07 Å². The van der Waals surface area contributed by atoms with Crippen LogP contribution >= 0.6 is 0 Å². The smallest absolute Gasteiger partial charge is 0.184 e. The zero-order valence-corrected chi connectivity index (χ0v) is 10.4.